The Morgan fingerprint density at radius 3 is 2.25 bits per heavy atom. The van der Waals surface area contributed by atoms with Crippen molar-refractivity contribution in [1.29, 1.82) is 0 Å². The first kappa shape index (κ1) is 17.0. The van der Waals surface area contributed by atoms with Gasteiger partial charge in [-0.25, -0.2) is 0 Å². The first-order valence-corrected chi connectivity index (χ1v) is 7.62. The molecule has 0 spiro atoms. The molecular weight excluding hydrogens is 248 g/mol. The summed E-state index contributed by atoms with van der Waals surface area (Å²) in [6.45, 7) is 10.4. The molecule has 3 heteroatoms. The highest BCUT2D eigenvalue weighted by molar-refractivity contribution is 5.29. The van der Waals surface area contributed by atoms with Gasteiger partial charge in [-0.3, -0.25) is 0 Å². The van der Waals surface area contributed by atoms with Crippen LogP contribution >= 0.6 is 0 Å². The van der Waals surface area contributed by atoms with Gasteiger partial charge in [-0.15, -0.1) is 0 Å². The fourth-order valence-corrected chi connectivity index (χ4v) is 2.44. The summed E-state index contributed by atoms with van der Waals surface area (Å²) in [6.07, 6.45) is 1.20. The maximum atomic E-state index is 6.31. The molecule has 0 radical (unpaired) electrons. The van der Waals surface area contributed by atoms with Crippen LogP contribution in [0.5, 0.6) is 5.75 Å². The molecular formula is C17H30N2O. The number of rotatable bonds is 8. The Balaban J connectivity index is 2.54. The minimum absolute atomic E-state index is 0.0466. The van der Waals surface area contributed by atoms with E-state index in [-0.39, 0.29) is 6.04 Å². The van der Waals surface area contributed by atoms with Crippen molar-refractivity contribution in [3.63, 3.8) is 0 Å². The van der Waals surface area contributed by atoms with E-state index in [2.05, 4.69) is 44.9 Å². The summed E-state index contributed by atoms with van der Waals surface area (Å²) in [5, 5.41) is 0. The highest BCUT2D eigenvalue weighted by Crippen LogP contribution is 2.18. The third-order valence-corrected chi connectivity index (χ3v) is 3.67. The smallest absolute Gasteiger partial charge is 0.119 e. The summed E-state index contributed by atoms with van der Waals surface area (Å²) in [6, 6.07) is 8.73. The van der Waals surface area contributed by atoms with Gasteiger partial charge in [0.25, 0.3) is 0 Å². The van der Waals surface area contributed by atoms with Crippen LogP contribution in [0.3, 0.4) is 0 Å². The number of hydrogen-bond donors (Lipinski definition) is 1. The van der Waals surface area contributed by atoms with Crippen LogP contribution in [0.25, 0.3) is 0 Å². The number of nitrogens with two attached hydrogens (primary N) is 1. The summed E-state index contributed by atoms with van der Waals surface area (Å²) in [5.74, 6) is 1.62. The van der Waals surface area contributed by atoms with Crippen LogP contribution < -0.4 is 10.5 Å². The minimum atomic E-state index is 0.0466. The van der Waals surface area contributed by atoms with E-state index >= 15 is 0 Å². The zero-order valence-corrected chi connectivity index (χ0v) is 13.6. The predicted octanol–water partition coefficient (Wildman–Crippen LogP) is 3.45. The Bertz CT molecular complexity index is 375. The van der Waals surface area contributed by atoms with Crippen LogP contribution in [0, 0.1) is 5.92 Å². The normalized spacial score (nSPS) is 14.6. The average molecular weight is 278 g/mol. The lowest BCUT2D eigenvalue weighted by Crippen LogP contribution is -2.36. The van der Waals surface area contributed by atoms with Crippen molar-refractivity contribution in [2.75, 3.05) is 20.2 Å². The van der Waals surface area contributed by atoms with E-state index in [1.54, 1.807) is 0 Å². The quantitative estimate of drug-likeness (QED) is 0.791. The van der Waals surface area contributed by atoms with Gasteiger partial charge in [0, 0.05) is 18.6 Å². The van der Waals surface area contributed by atoms with Crippen molar-refractivity contribution in [2.24, 2.45) is 11.7 Å². The molecule has 1 aromatic carbocycles. The van der Waals surface area contributed by atoms with E-state index in [9.17, 15) is 0 Å². The molecule has 0 bridgehead atoms. The molecule has 1 aromatic rings. The minimum Gasteiger partial charge on any atom is -0.494 e. The highest BCUT2D eigenvalue weighted by atomic mass is 16.5. The predicted molar refractivity (Wildman–Crippen MR) is 86.1 cm³/mol. The monoisotopic (exact) mass is 278 g/mol. The molecule has 0 aliphatic rings. The molecule has 114 valence electrons. The second-order valence-corrected chi connectivity index (χ2v) is 6.03. The molecule has 2 N–H and O–H groups in total. The Hall–Kier alpha value is -1.06. The van der Waals surface area contributed by atoms with Gasteiger partial charge in [0.05, 0.1) is 6.61 Å². The third-order valence-electron chi connectivity index (χ3n) is 3.67. The average Bonchev–Trinajstić information content (AvgIpc) is 2.39. The van der Waals surface area contributed by atoms with Gasteiger partial charge in [-0.2, -0.15) is 0 Å². The van der Waals surface area contributed by atoms with Crippen LogP contribution in [0.1, 0.15) is 45.7 Å². The largest absolute Gasteiger partial charge is 0.494 e. The standard InChI is InChI=1S/C17H30N2O/c1-6-20-16-9-7-15(8-10-16)17(18)12-19(5)14(4)11-13(2)3/h7-10,13-14,17H,6,11-12,18H2,1-5H3. The van der Waals surface area contributed by atoms with Crippen molar-refractivity contribution in [3.05, 3.63) is 29.8 Å². The molecule has 20 heavy (non-hydrogen) atoms. The number of likely N-dealkylation sites (N-methyl/N-ethyl adjacent to an activating group) is 1. The number of hydrogen-bond acceptors (Lipinski definition) is 3. The third kappa shape index (κ3) is 5.51. The summed E-state index contributed by atoms with van der Waals surface area (Å²) >= 11 is 0. The molecule has 1 rings (SSSR count). The molecule has 0 saturated carbocycles. The Morgan fingerprint density at radius 2 is 1.75 bits per heavy atom. The Labute approximate surface area is 124 Å². The molecule has 3 nitrogen and oxygen atoms in total. The van der Waals surface area contributed by atoms with Crippen LogP contribution in [-0.2, 0) is 0 Å². The first-order valence-electron chi connectivity index (χ1n) is 7.62. The van der Waals surface area contributed by atoms with E-state index in [4.69, 9.17) is 10.5 Å². The number of ether oxygens (including phenoxy) is 1. The lowest BCUT2D eigenvalue weighted by Gasteiger charge is -2.28. The number of benzene rings is 1. The van der Waals surface area contributed by atoms with E-state index in [0.29, 0.717) is 18.6 Å². The summed E-state index contributed by atoms with van der Waals surface area (Å²) in [5.41, 5.74) is 7.47. The summed E-state index contributed by atoms with van der Waals surface area (Å²) in [7, 11) is 2.15. The highest BCUT2D eigenvalue weighted by Gasteiger charge is 2.15. The van der Waals surface area contributed by atoms with E-state index < -0.39 is 0 Å². The fourth-order valence-electron chi connectivity index (χ4n) is 2.44. The molecule has 0 aliphatic carbocycles. The Kier molecular flexibility index (Phi) is 7.03. The van der Waals surface area contributed by atoms with Crippen LogP contribution in [0.2, 0.25) is 0 Å². The number of nitrogens with zero attached hydrogens (tertiary/aromatic N) is 1. The van der Waals surface area contributed by atoms with Gasteiger partial charge in [0.1, 0.15) is 5.75 Å². The van der Waals surface area contributed by atoms with Crippen LogP contribution in [0.4, 0.5) is 0 Å². The SMILES string of the molecule is CCOc1ccc(C(N)CN(C)C(C)CC(C)C)cc1. The van der Waals surface area contributed by atoms with Crippen molar-refractivity contribution >= 4 is 0 Å². The summed E-state index contributed by atoms with van der Waals surface area (Å²) < 4.78 is 5.45. The second-order valence-electron chi connectivity index (χ2n) is 6.03. The van der Waals surface area contributed by atoms with E-state index in [0.717, 1.165) is 17.9 Å². The summed E-state index contributed by atoms with van der Waals surface area (Å²) in [4.78, 5) is 2.35. The van der Waals surface area contributed by atoms with Gasteiger partial charge in [-0.1, -0.05) is 26.0 Å². The lowest BCUT2D eigenvalue weighted by molar-refractivity contribution is 0.216. The fraction of sp³-hybridized carbons (Fsp3) is 0.647. The topological polar surface area (TPSA) is 38.5 Å². The lowest BCUT2D eigenvalue weighted by atomic mass is 10.0. The van der Waals surface area contributed by atoms with Crippen molar-refractivity contribution in [2.45, 2.75) is 46.2 Å². The van der Waals surface area contributed by atoms with Gasteiger partial charge >= 0.3 is 0 Å². The molecule has 0 amide bonds. The van der Waals surface area contributed by atoms with Gasteiger partial charge in [-0.05, 0) is 50.9 Å². The van der Waals surface area contributed by atoms with Gasteiger partial charge in [0.2, 0.25) is 0 Å². The first-order chi connectivity index (χ1) is 9.43. The second kappa shape index (κ2) is 8.28. The molecule has 0 aromatic heterocycles. The zero-order valence-electron chi connectivity index (χ0n) is 13.6. The van der Waals surface area contributed by atoms with Gasteiger partial charge < -0.3 is 15.4 Å². The molecule has 0 aliphatic heterocycles. The van der Waals surface area contributed by atoms with Crippen LogP contribution in [-0.4, -0.2) is 31.1 Å². The Morgan fingerprint density at radius 1 is 1.15 bits per heavy atom. The van der Waals surface area contributed by atoms with Crippen molar-refractivity contribution in [1.82, 2.24) is 4.90 Å². The zero-order chi connectivity index (χ0) is 15.1. The molecule has 0 saturated heterocycles. The molecule has 2 atom stereocenters. The molecule has 2 unspecified atom stereocenters. The maximum Gasteiger partial charge on any atom is 0.119 e. The van der Waals surface area contributed by atoms with Gasteiger partial charge in [0.15, 0.2) is 0 Å². The maximum absolute atomic E-state index is 6.31. The molecule has 0 fully saturated rings. The molecule has 0 heterocycles. The van der Waals surface area contributed by atoms with E-state index in [1.165, 1.54) is 6.42 Å². The van der Waals surface area contributed by atoms with Crippen molar-refractivity contribution < 1.29 is 4.74 Å². The van der Waals surface area contributed by atoms with Crippen molar-refractivity contribution in [3.8, 4) is 5.75 Å². The van der Waals surface area contributed by atoms with E-state index in [1.807, 2.05) is 19.1 Å². The van der Waals surface area contributed by atoms with Crippen LogP contribution in [0.15, 0.2) is 24.3 Å².